The number of hydrogen-bond donors (Lipinski definition) is 0. The molecule has 1 aromatic heterocycles. The van der Waals surface area contributed by atoms with E-state index in [-0.39, 0.29) is 49.2 Å². The number of nitrogens with zero attached hydrogens (tertiary/aromatic N) is 3. The van der Waals surface area contributed by atoms with Crippen molar-refractivity contribution < 1.29 is 17.6 Å². The number of rotatable bonds is 11. The van der Waals surface area contributed by atoms with Crippen molar-refractivity contribution in [1.82, 2.24) is 9.97 Å². The van der Waals surface area contributed by atoms with Crippen molar-refractivity contribution in [3.8, 4) is 0 Å². The third-order valence-electron chi connectivity index (χ3n) is 11.7. The minimum absolute atomic E-state index is 0.0460. The highest BCUT2D eigenvalue weighted by Gasteiger charge is 2.54. The van der Waals surface area contributed by atoms with Crippen LogP contribution in [0, 0.1) is 11.6 Å². The lowest BCUT2D eigenvalue weighted by molar-refractivity contribution is 0.123. The predicted molar refractivity (Wildman–Crippen MR) is 250 cm³/mol. The van der Waals surface area contributed by atoms with E-state index >= 15 is 8.78 Å². The molecule has 7 rings (SSSR count). The van der Waals surface area contributed by atoms with E-state index in [2.05, 4.69) is 177 Å². The van der Waals surface area contributed by atoms with Gasteiger partial charge in [0.25, 0.3) is 16.6 Å². The van der Waals surface area contributed by atoms with Crippen LogP contribution in [0.25, 0.3) is 10.9 Å². The first-order chi connectivity index (χ1) is 28.1. The van der Waals surface area contributed by atoms with Crippen LogP contribution in [-0.2, 0) is 8.85 Å². The fourth-order valence-electron chi connectivity index (χ4n) is 8.98. The van der Waals surface area contributed by atoms with Crippen LogP contribution in [0.2, 0.25) is 15.1 Å². The molecule has 0 amide bonds. The highest BCUT2D eigenvalue weighted by atomic mass is 79.9. The lowest BCUT2D eigenvalue weighted by Gasteiger charge is -2.49. The largest absolute Gasteiger partial charge is 0.405 e. The van der Waals surface area contributed by atoms with E-state index in [0.29, 0.717) is 30.4 Å². The first-order valence-electron chi connectivity index (χ1n) is 20.0. The molecule has 2 atom stereocenters. The van der Waals surface area contributed by atoms with Gasteiger partial charge in [0.05, 0.1) is 27.5 Å². The summed E-state index contributed by atoms with van der Waals surface area (Å²) in [5, 5.41) is 4.12. The zero-order chi connectivity index (χ0) is 42.2. The topological polar surface area (TPSA) is 47.5 Å². The Bertz CT molecular complexity index is 2310. The van der Waals surface area contributed by atoms with Crippen LogP contribution in [-0.4, -0.2) is 58.2 Å². The molecule has 0 bridgehead atoms. The van der Waals surface area contributed by atoms with Crippen LogP contribution in [0.1, 0.15) is 54.4 Å². The van der Waals surface area contributed by atoms with Crippen LogP contribution in [0.15, 0.2) is 131 Å². The molecule has 12 heteroatoms. The second kappa shape index (κ2) is 17.5. The third kappa shape index (κ3) is 8.09. The molecule has 6 aromatic rings. The van der Waals surface area contributed by atoms with Gasteiger partial charge in [-0.25, -0.2) is 18.7 Å². The van der Waals surface area contributed by atoms with E-state index in [9.17, 15) is 0 Å². The summed E-state index contributed by atoms with van der Waals surface area (Å²) >= 11 is 10.9. The summed E-state index contributed by atoms with van der Waals surface area (Å²) < 4.78 is 47.8. The molecule has 1 aliphatic rings. The Morgan fingerprint density at radius 1 is 0.729 bits per heavy atom. The van der Waals surface area contributed by atoms with E-state index in [1.165, 1.54) is 22.1 Å². The van der Waals surface area contributed by atoms with E-state index in [4.69, 9.17) is 25.4 Å². The van der Waals surface area contributed by atoms with Crippen molar-refractivity contribution >= 4 is 93.4 Å². The first kappa shape index (κ1) is 43.7. The van der Waals surface area contributed by atoms with Crippen LogP contribution in [0.3, 0.4) is 0 Å². The molecule has 1 fully saturated rings. The molecule has 0 spiro atoms. The molecular formula is C47H51BrClF2N3O2SSi2. The van der Waals surface area contributed by atoms with Gasteiger partial charge >= 0.3 is 0 Å². The van der Waals surface area contributed by atoms with Crippen LogP contribution in [0.4, 0.5) is 14.6 Å². The molecule has 1 saturated heterocycles. The minimum Gasteiger partial charge on any atom is -0.405 e. The molecule has 5 nitrogen and oxygen atoms in total. The number of benzene rings is 5. The lowest BCUT2D eigenvalue weighted by atomic mass is 9.99. The van der Waals surface area contributed by atoms with Gasteiger partial charge in [0.1, 0.15) is 11.3 Å². The van der Waals surface area contributed by atoms with Gasteiger partial charge in [0.15, 0.2) is 16.8 Å². The number of thioether (sulfide) groups is 1. The normalized spacial score (nSPS) is 16.8. The van der Waals surface area contributed by atoms with Gasteiger partial charge in [-0.05, 0) is 65.9 Å². The van der Waals surface area contributed by atoms with Crippen molar-refractivity contribution in [2.45, 2.75) is 81.8 Å². The smallest absolute Gasteiger partial charge is 0.261 e. The molecule has 5 aromatic carbocycles. The molecule has 2 unspecified atom stereocenters. The van der Waals surface area contributed by atoms with Crippen LogP contribution >= 0.6 is 39.3 Å². The SMILES string of the molecule is CSc1nc(N2CCC(O[Si](c3ccccc3)(c3ccccc3)C(C)(C)C)CC2CO[Si](c2ccccc2)(c2ccccc2)C(C)(C)C)c2c(F)c(Cl)c(Br)c(F)c2n1. The highest BCUT2D eigenvalue weighted by molar-refractivity contribution is 9.10. The maximum absolute atomic E-state index is 16.5. The van der Waals surface area contributed by atoms with Gasteiger partial charge in [-0.1, -0.05) is 186 Å². The maximum Gasteiger partial charge on any atom is 0.261 e. The molecule has 308 valence electrons. The number of fused-ring (bicyclic) bond motifs is 1. The summed E-state index contributed by atoms with van der Waals surface area (Å²) in [6.07, 6.45) is 2.81. The maximum atomic E-state index is 16.5. The Morgan fingerprint density at radius 3 is 1.63 bits per heavy atom. The minimum atomic E-state index is -3.03. The van der Waals surface area contributed by atoms with E-state index in [0.717, 1.165) is 10.4 Å². The molecule has 1 aliphatic heterocycles. The molecule has 0 aliphatic carbocycles. The monoisotopic (exact) mass is 929 g/mol. The number of halogens is 4. The summed E-state index contributed by atoms with van der Waals surface area (Å²) in [6, 6.07) is 42.0. The summed E-state index contributed by atoms with van der Waals surface area (Å²) in [5.41, 5.74) is -0.120. The van der Waals surface area contributed by atoms with Gasteiger partial charge in [-0.2, -0.15) is 0 Å². The fourth-order valence-corrected chi connectivity index (χ4v) is 19.2. The Balaban J connectivity index is 1.40. The Kier molecular flexibility index (Phi) is 13.0. The van der Waals surface area contributed by atoms with Gasteiger partial charge < -0.3 is 13.8 Å². The lowest BCUT2D eigenvalue weighted by Crippen LogP contribution is -2.69. The molecule has 0 N–H and O–H groups in total. The van der Waals surface area contributed by atoms with Crippen molar-refractivity contribution in [2.75, 3.05) is 24.3 Å². The summed E-state index contributed by atoms with van der Waals surface area (Å²) in [7, 11) is -6.00. The number of hydrogen-bond acceptors (Lipinski definition) is 6. The van der Waals surface area contributed by atoms with Crippen molar-refractivity contribution in [1.29, 1.82) is 0 Å². The average molecular weight is 932 g/mol. The van der Waals surface area contributed by atoms with Gasteiger partial charge in [0, 0.05) is 12.6 Å². The van der Waals surface area contributed by atoms with Gasteiger partial charge in [0.2, 0.25) is 0 Å². The summed E-state index contributed by atoms with van der Waals surface area (Å²) in [4.78, 5) is 11.5. The summed E-state index contributed by atoms with van der Waals surface area (Å²) in [6.45, 7) is 14.4. The predicted octanol–water partition coefficient (Wildman–Crippen LogP) is 10.5. The number of aromatic nitrogens is 2. The third-order valence-corrected chi connectivity index (χ3v) is 23.6. The van der Waals surface area contributed by atoms with Crippen molar-refractivity contribution in [3.63, 3.8) is 0 Å². The zero-order valence-corrected chi connectivity index (χ0v) is 39.8. The Hall–Kier alpha value is -3.43. The zero-order valence-electron chi connectivity index (χ0n) is 34.6. The average Bonchev–Trinajstić information content (AvgIpc) is 3.24. The second-order valence-corrected chi connectivity index (χ2v) is 27.8. The van der Waals surface area contributed by atoms with Gasteiger partial charge in [-0.3, -0.25) is 0 Å². The van der Waals surface area contributed by atoms with E-state index in [1.807, 2.05) is 18.4 Å². The van der Waals surface area contributed by atoms with Crippen LogP contribution < -0.4 is 25.6 Å². The van der Waals surface area contributed by atoms with Crippen molar-refractivity contribution in [3.05, 3.63) is 142 Å². The number of piperidine rings is 1. The Labute approximate surface area is 367 Å². The molecular weight excluding hydrogens is 880 g/mol. The van der Waals surface area contributed by atoms with Gasteiger partial charge in [-0.15, -0.1) is 0 Å². The van der Waals surface area contributed by atoms with Crippen LogP contribution in [0.5, 0.6) is 0 Å². The fraction of sp³-hybridized carbons (Fsp3) is 0.319. The van der Waals surface area contributed by atoms with E-state index < -0.39 is 28.3 Å². The molecule has 2 heterocycles. The Morgan fingerprint density at radius 2 is 1.19 bits per heavy atom. The quantitative estimate of drug-likeness (QED) is 0.0424. The molecule has 59 heavy (non-hydrogen) atoms. The molecule has 0 radical (unpaired) electrons. The highest BCUT2D eigenvalue weighted by Crippen LogP contribution is 2.44. The summed E-state index contributed by atoms with van der Waals surface area (Å²) in [5.74, 6) is -1.20. The standard InChI is InChI=1S/C47H51BrClF2N3O2SSi2/c1-46(2,3)58(34-20-12-8-13-21-34,35-22-14-9-15-23-35)55-31-32-30-33(56-59(47(4,5)6,36-24-16-10-17-25-36)37-26-18-11-19-27-37)28-29-54(32)44-38-41(50)40(49)39(48)42(51)43(38)52-45(53-44)57-7/h8-27,32-33H,28-31H2,1-7H3. The van der Waals surface area contributed by atoms with Crippen molar-refractivity contribution in [2.24, 2.45) is 0 Å². The molecule has 0 saturated carbocycles. The number of anilines is 1. The first-order valence-corrected chi connectivity index (χ1v) is 26.2. The second-order valence-electron chi connectivity index (χ2n) is 17.3. The van der Waals surface area contributed by atoms with E-state index in [1.54, 1.807) is 0 Å².